The van der Waals surface area contributed by atoms with Crippen LogP contribution in [-0.4, -0.2) is 26.5 Å². The number of nitro benzene ring substituents is 1. The molecule has 27 heavy (non-hydrogen) atoms. The predicted octanol–water partition coefficient (Wildman–Crippen LogP) is 3.49. The van der Waals surface area contributed by atoms with E-state index in [-0.39, 0.29) is 27.8 Å². The molecule has 0 aliphatic heterocycles. The Labute approximate surface area is 159 Å². The summed E-state index contributed by atoms with van der Waals surface area (Å²) in [6.07, 6.45) is 7.15. The molecule has 1 aromatic carbocycles. The van der Waals surface area contributed by atoms with E-state index in [1.54, 1.807) is 0 Å². The highest BCUT2D eigenvalue weighted by molar-refractivity contribution is 7.89. The lowest BCUT2D eigenvalue weighted by Crippen LogP contribution is -2.55. The molecule has 0 heterocycles. The average molecular weight is 394 g/mol. The Morgan fingerprint density at radius 2 is 1.74 bits per heavy atom. The fourth-order valence-electron chi connectivity index (χ4n) is 6.11. The summed E-state index contributed by atoms with van der Waals surface area (Å²) < 4.78 is 33.7. The first-order valence-electron chi connectivity index (χ1n) is 9.57. The quantitative estimate of drug-likeness (QED) is 0.588. The zero-order valence-electron chi connectivity index (χ0n) is 15.7. The van der Waals surface area contributed by atoms with Gasteiger partial charge in [0.15, 0.2) is 5.75 Å². The highest BCUT2D eigenvalue weighted by Gasteiger charge is 2.53. The molecule has 1 N–H and O–H groups in total. The van der Waals surface area contributed by atoms with Crippen molar-refractivity contribution in [3.8, 4) is 5.75 Å². The highest BCUT2D eigenvalue weighted by atomic mass is 32.2. The van der Waals surface area contributed by atoms with Crippen LogP contribution in [-0.2, 0) is 10.0 Å². The average Bonchev–Trinajstić information content (AvgIpc) is 2.59. The van der Waals surface area contributed by atoms with E-state index >= 15 is 0 Å². The van der Waals surface area contributed by atoms with Crippen molar-refractivity contribution >= 4 is 15.7 Å². The molecule has 5 rings (SSSR count). The van der Waals surface area contributed by atoms with E-state index in [1.165, 1.54) is 38.5 Å². The number of nitrogens with one attached hydrogen (secondary N) is 1. The monoisotopic (exact) mass is 394 g/mol. The van der Waals surface area contributed by atoms with Gasteiger partial charge in [-0.05, 0) is 80.8 Å². The largest absolute Gasteiger partial charge is 0.490 e. The number of hydrogen-bond acceptors (Lipinski definition) is 5. The Bertz CT molecular complexity index is 832. The summed E-state index contributed by atoms with van der Waals surface area (Å²) in [7, 11) is -2.52. The van der Waals surface area contributed by atoms with Crippen molar-refractivity contribution in [1.82, 2.24) is 4.72 Å². The van der Waals surface area contributed by atoms with Gasteiger partial charge in [-0.25, -0.2) is 13.1 Å². The van der Waals surface area contributed by atoms with Crippen LogP contribution in [0.25, 0.3) is 0 Å². The molecule has 0 amide bonds. The molecule has 8 heteroatoms. The topological polar surface area (TPSA) is 98.5 Å². The molecular weight excluding hydrogens is 368 g/mol. The third kappa shape index (κ3) is 3.23. The van der Waals surface area contributed by atoms with Crippen LogP contribution < -0.4 is 9.46 Å². The first-order valence-corrected chi connectivity index (χ1v) is 11.1. The Morgan fingerprint density at radius 3 is 2.22 bits per heavy atom. The van der Waals surface area contributed by atoms with Crippen LogP contribution in [0.15, 0.2) is 23.1 Å². The number of rotatable bonds is 6. The maximum absolute atomic E-state index is 12.9. The summed E-state index contributed by atoms with van der Waals surface area (Å²) in [5.41, 5.74) is -0.317. The first kappa shape index (κ1) is 18.7. The lowest BCUT2D eigenvalue weighted by molar-refractivity contribution is -0.386. The minimum atomic E-state index is -3.84. The summed E-state index contributed by atoms with van der Waals surface area (Å²) in [5.74, 6) is 2.23. The molecule has 0 radical (unpaired) electrons. The van der Waals surface area contributed by atoms with Crippen LogP contribution in [0.4, 0.5) is 5.69 Å². The zero-order valence-corrected chi connectivity index (χ0v) is 16.5. The highest BCUT2D eigenvalue weighted by Crippen LogP contribution is 2.61. The van der Waals surface area contributed by atoms with Gasteiger partial charge in [-0.1, -0.05) is 0 Å². The van der Waals surface area contributed by atoms with Crippen molar-refractivity contribution in [1.29, 1.82) is 0 Å². The van der Waals surface area contributed by atoms with Crippen molar-refractivity contribution in [2.24, 2.45) is 23.2 Å². The van der Waals surface area contributed by atoms with E-state index in [9.17, 15) is 18.5 Å². The molecule has 4 bridgehead atoms. The zero-order chi connectivity index (χ0) is 19.4. The lowest BCUT2D eigenvalue weighted by Gasteiger charge is -2.59. The van der Waals surface area contributed by atoms with Crippen molar-refractivity contribution < 1.29 is 18.1 Å². The van der Waals surface area contributed by atoms with E-state index in [0.29, 0.717) is 0 Å². The molecule has 0 spiro atoms. The molecule has 148 valence electrons. The van der Waals surface area contributed by atoms with Gasteiger partial charge >= 0.3 is 5.69 Å². The van der Waals surface area contributed by atoms with Crippen LogP contribution in [0, 0.1) is 33.3 Å². The van der Waals surface area contributed by atoms with Gasteiger partial charge in [0.05, 0.1) is 16.9 Å². The number of benzene rings is 1. The number of ether oxygens (including phenoxy) is 1. The van der Waals surface area contributed by atoms with Gasteiger partial charge in [-0.2, -0.15) is 0 Å². The van der Waals surface area contributed by atoms with Gasteiger partial charge < -0.3 is 4.74 Å². The number of sulfonamides is 1. The SMILES string of the molecule is COc1ccc(S(=O)(=O)NC(C)C23CC4CC(CC(C4)C2)C3)cc1[N+](=O)[O-]. The molecule has 1 unspecified atom stereocenters. The third-order valence-electron chi connectivity index (χ3n) is 6.99. The van der Waals surface area contributed by atoms with E-state index in [2.05, 4.69) is 4.72 Å². The second kappa shape index (κ2) is 6.44. The van der Waals surface area contributed by atoms with Gasteiger partial charge in [0.1, 0.15) is 0 Å². The molecule has 0 aromatic heterocycles. The maximum Gasteiger partial charge on any atom is 0.312 e. The van der Waals surface area contributed by atoms with Crippen molar-refractivity contribution in [2.45, 2.75) is 56.4 Å². The smallest absolute Gasteiger partial charge is 0.312 e. The summed E-state index contributed by atoms with van der Waals surface area (Å²) in [6.45, 7) is 1.96. The maximum atomic E-state index is 12.9. The van der Waals surface area contributed by atoms with Crippen LogP contribution >= 0.6 is 0 Å². The molecular formula is C19H26N2O5S. The van der Waals surface area contributed by atoms with Crippen molar-refractivity contribution in [3.63, 3.8) is 0 Å². The summed E-state index contributed by atoms with van der Waals surface area (Å²) in [4.78, 5) is 10.5. The van der Waals surface area contributed by atoms with Gasteiger partial charge in [-0.3, -0.25) is 10.1 Å². The number of methoxy groups -OCH3 is 1. The van der Waals surface area contributed by atoms with Crippen LogP contribution in [0.1, 0.15) is 45.4 Å². The van der Waals surface area contributed by atoms with E-state index in [4.69, 9.17) is 4.74 Å². The fourth-order valence-corrected chi connectivity index (χ4v) is 7.48. The minimum absolute atomic E-state index is 0.0280. The number of nitrogens with zero attached hydrogens (tertiary/aromatic N) is 1. The van der Waals surface area contributed by atoms with Gasteiger partial charge in [0.25, 0.3) is 0 Å². The van der Waals surface area contributed by atoms with E-state index in [1.807, 2.05) is 6.92 Å². The lowest BCUT2D eigenvalue weighted by atomic mass is 9.48. The fraction of sp³-hybridized carbons (Fsp3) is 0.684. The normalized spacial score (nSPS) is 33.0. The first-order chi connectivity index (χ1) is 12.7. The van der Waals surface area contributed by atoms with E-state index < -0.39 is 14.9 Å². The molecule has 7 nitrogen and oxygen atoms in total. The predicted molar refractivity (Wildman–Crippen MR) is 100 cm³/mol. The molecule has 4 aliphatic rings. The van der Waals surface area contributed by atoms with Crippen molar-refractivity contribution in [3.05, 3.63) is 28.3 Å². The molecule has 4 fully saturated rings. The number of hydrogen-bond donors (Lipinski definition) is 1. The summed E-state index contributed by atoms with van der Waals surface area (Å²) in [6, 6.07) is 3.59. The Balaban J connectivity index is 1.58. The van der Waals surface area contributed by atoms with E-state index in [0.717, 1.165) is 43.1 Å². The standard InChI is InChI=1S/C19H26N2O5S/c1-12(19-9-13-5-14(10-19)7-15(6-13)11-19)20-27(24,25)16-3-4-18(26-2)17(8-16)21(22)23/h3-4,8,12-15,20H,5-7,9-11H2,1-2H3. The second-order valence-corrected chi connectivity index (χ2v) is 10.4. The van der Waals surface area contributed by atoms with Crippen molar-refractivity contribution in [2.75, 3.05) is 7.11 Å². The van der Waals surface area contributed by atoms with Crippen LogP contribution in [0.2, 0.25) is 0 Å². The van der Waals surface area contributed by atoms with Gasteiger partial charge in [0, 0.05) is 12.1 Å². The van der Waals surface area contributed by atoms with Gasteiger partial charge in [-0.15, -0.1) is 0 Å². The van der Waals surface area contributed by atoms with Crippen LogP contribution in [0.5, 0.6) is 5.75 Å². The number of nitro groups is 1. The summed E-state index contributed by atoms with van der Waals surface area (Å²) >= 11 is 0. The Kier molecular flexibility index (Phi) is 4.46. The summed E-state index contributed by atoms with van der Waals surface area (Å²) in [5, 5.41) is 11.2. The molecule has 1 aromatic rings. The molecule has 1 atom stereocenters. The Hall–Kier alpha value is -1.67. The second-order valence-electron chi connectivity index (χ2n) is 8.71. The molecule has 4 aliphatic carbocycles. The minimum Gasteiger partial charge on any atom is -0.490 e. The third-order valence-corrected chi connectivity index (χ3v) is 8.53. The van der Waals surface area contributed by atoms with Crippen LogP contribution in [0.3, 0.4) is 0 Å². The molecule has 0 saturated heterocycles. The Morgan fingerprint density at radius 1 is 1.19 bits per heavy atom. The molecule has 4 saturated carbocycles. The van der Waals surface area contributed by atoms with Gasteiger partial charge in [0.2, 0.25) is 10.0 Å².